The van der Waals surface area contributed by atoms with Crippen LogP contribution in [-0.4, -0.2) is 67.9 Å². The average Bonchev–Trinajstić information content (AvgIpc) is 3.04. The molecule has 1 aromatic heterocycles. The van der Waals surface area contributed by atoms with E-state index in [0.717, 1.165) is 19.5 Å². The second-order valence-corrected chi connectivity index (χ2v) is 9.43. The summed E-state index contributed by atoms with van der Waals surface area (Å²) in [7, 11) is -2.85. The lowest BCUT2D eigenvalue weighted by molar-refractivity contribution is 0.0592. The Bertz CT molecular complexity index is 636. The van der Waals surface area contributed by atoms with E-state index >= 15 is 0 Å². The summed E-state index contributed by atoms with van der Waals surface area (Å²) < 4.78 is 23.7. The molecule has 3 heterocycles. The van der Waals surface area contributed by atoms with Crippen LogP contribution in [-0.2, 0) is 9.84 Å². The molecule has 1 amide bonds. The summed E-state index contributed by atoms with van der Waals surface area (Å²) in [6.45, 7) is 2.77. The fourth-order valence-electron chi connectivity index (χ4n) is 2.94. The summed E-state index contributed by atoms with van der Waals surface area (Å²) in [4.78, 5) is 17.0. The van der Waals surface area contributed by atoms with Crippen LogP contribution in [0.5, 0.6) is 0 Å². The van der Waals surface area contributed by atoms with Crippen LogP contribution in [0.3, 0.4) is 0 Å². The topological polar surface area (TPSA) is 57.7 Å². The number of nitrogens with zero attached hydrogens (tertiary/aromatic N) is 2. The highest BCUT2D eigenvalue weighted by Crippen LogP contribution is 2.24. The fourth-order valence-corrected chi connectivity index (χ4v) is 5.71. The number of amides is 1. The Morgan fingerprint density at radius 3 is 2.48 bits per heavy atom. The van der Waals surface area contributed by atoms with Gasteiger partial charge < -0.3 is 4.90 Å². The standard InChI is InChI=1S/C13H17ClN2O3S2/c14-12-2-1-11(20-12)13(17)16-6-4-15(5-7-16)10-3-8-21(18,19)9-10/h1-2,10H,3-9H2. The maximum absolute atomic E-state index is 12.3. The van der Waals surface area contributed by atoms with Crippen molar-refractivity contribution in [3.05, 3.63) is 21.3 Å². The van der Waals surface area contributed by atoms with E-state index in [1.807, 2.05) is 4.90 Å². The first-order valence-electron chi connectivity index (χ1n) is 6.94. The molecule has 5 nitrogen and oxygen atoms in total. The van der Waals surface area contributed by atoms with Crippen molar-refractivity contribution in [3.8, 4) is 0 Å². The summed E-state index contributed by atoms with van der Waals surface area (Å²) in [5.41, 5.74) is 0. The van der Waals surface area contributed by atoms with Gasteiger partial charge in [-0.25, -0.2) is 8.42 Å². The second-order valence-electron chi connectivity index (χ2n) is 5.49. The van der Waals surface area contributed by atoms with Crippen molar-refractivity contribution in [1.82, 2.24) is 9.80 Å². The van der Waals surface area contributed by atoms with Gasteiger partial charge in [0.15, 0.2) is 9.84 Å². The number of hydrogen-bond acceptors (Lipinski definition) is 5. The van der Waals surface area contributed by atoms with E-state index in [1.165, 1.54) is 11.3 Å². The van der Waals surface area contributed by atoms with Gasteiger partial charge in [-0.2, -0.15) is 0 Å². The Morgan fingerprint density at radius 2 is 1.95 bits per heavy atom. The van der Waals surface area contributed by atoms with Gasteiger partial charge in [-0.3, -0.25) is 9.69 Å². The number of hydrogen-bond donors (Lipinski definition) is 0. The van der Waals surface area contributed by atoms with Crippen molar-refractivity contribution in [1.29, 1.82) is 0 Å². The molecule has 0 aliphatic carbocycles. The molecule has 0 N–H and O–H groups in total. The van der Waals surface area contributed by atoms with E-state index in [2.05, 4.69) is 4.90 Å². The molecule has 1 atom stereocenters. The molecule has 0 saturated carbocycles. The minimum atomic E-state index is -2.85. The number of thiophene rings is 1. The van der Waals surface area contributed by atoms with E-state index in [1.54, 1.807) is 12.1 Å². The summed E-state index contributed by atoms with van der Waals surface area (Å²) in [5, 5.41) is 0. The number of sulfone groups is 1. The molecule has 0 aromatic carbocycles. The SMILES string of the molecule is O=C(c1ccc(Cl)s1)N1CCN(C2CCS(=O)(=O)C2)CC1. The Morgan fingerprint density at radius 1 is 1.24 bits per heavy atom. The van der Waals surface area contributed by atoms with Gasteiger partial charge in [-0.15, -0.1) is 11.3 Å². The summed E-state index contributed by atoms with van der Waals surface area (Å²) in [6, 6.07) is 3.62. The van der Waals surface area contributed by atoms with Crippen molar-refractivity contribution in [2.75, 3.05) is 37.7 Å². The third kappa shape index (κ3) is 3.41. The smallest absolute Gasteiger partial charge is 0.264 e. The van der Waals surface area contributed by atoms with Gasteiger partial charge in [-0.1, -0.05) is 11.6 Å². The summed E-state index contributed by atoms with van der Waals surface area (Å²) in [6.07, 6.45) is 0.719. The Labute approximate surface area is 133 Å². The van der Waals surface area contributed by atoms with Crippen LogP contribution >= 0.6 is 22.9 Å². The van der Waals surface area contributed by atoms with Crippen molar-refractivity contribution >= 4 is 38.7 Å². The zero-order valence-corrected chi connectivity index (χ0v) is 13.9. The minimum Gasteiger partial charge on any atom is -0.335 e. The van der Waals surface area contributed by atoms with Crippen LogP contribution in [0.4, 0.5) is 0 Å². The molecule has 2 aliphatic heterocycles. The molecule has 2 fully saturated rings. The molecule has 2 saturated heterocycles. The number of rotatable bonds is 2. The van der Waals surface area contributed by atoms with Gasteiger partial charge in [0.05, 0.1) is 20.7 Å². The van der Waals surface area contributed by atoms with Gasteiger partial charge in [0.25, 0.3) is 5.91 Å². The summed E-state index contributed by atoms with van der Waals surface area (Å²) >= 11 is 7.16. The molecular weight excluding hydrogens is 332 g/mol. The maximum Gasteiger partial charge on any atom is 0.264 e. The quantitative estimate of drug-likeness (QED) is 0.809. The third-order valence-corrected chi connectivity index (χ3v) is 7.08. The molecule has 21 heavy (non-hydrogen) atoms. The summed E-state index contributed by atoms with van der Waals surface area (Å²) in [5.74, 6) is 0.581. The first-order chi connectivity index (χ1) is 9.94. The minimum absolute atomic E-state index is 0.0191. The van der Waals surface area contributed by atoms with Crippen molar-refractivity contribution in [2.45, 2.75) is 12.5 Å². The highest BCUT2D eigenvalue weighted by atomic mass is 35.5. The van der Waals surface area contributed by atoms with Crippen LogP contribution in [0.25, 0.3) is 0 Å². The van der Waals surface area contributed by atoms with Crippen molar-refractivity contribution in [2.24, 2.45) is 0 Å². The highest BCUT2D eigenvalue weighted by molar-refractivity contribution is 7.91. The number of halogens is 1. The Kier molecular flexibility index (Phi) is 4.27. The molecule has 3 rings (SSSR count). The molecule has 1 aromatic rings. The molecule has 8 heteroatoms. The monoisotopic (exact) mass is 348 g/mol. The molecule has 0 spiro atoms. The molecule has 0 bridgehead atoms. The van der Waals surface area contributed by atoms with Crippen LogP contribution in [0.2, 0.25) is 4.34 Å². The van der Waals surface area contributed by atoms with Crippen LogP contribution in [0, 0.1) is 0 Å². The van der Waals surface area contributed by atoms with Crippen LogP contribution in [0.1, 0.15) is 16.1 Å². The van der Waals surface area contributed by atoms with Crippen LogP contribution < -0.4 is 0 Å². The Balaban J connectivity index is 1.57. The molecule has 1 unspecified atom stereocenters. The molecule has 0 radical (unpaired) electrons. The Hall–Kier alpha value is -0.630. The van der Waals surface area contributed by atoms with Crippen molar-refractivity contribution in [3.63, 3.8) is 0 Å². The largest absolute Gasteiger partial charge is 0.335 e. The lowest BCUT2D eigenvalue weighted by Gasteiger charge is -2.37. The number of piperazine rings is 1. The van der Waals surface area contributed by atoms with Gasteiger partial charge in [0, 0.05) is 32.2 Å². The molecule has 116 valence electrons. The predicted octanol–water partition coefficient (Wildman–Crippen LogP) is 1.35. The zero-order valence-electron chi connectivity index (χ0n) is 11.5. The van der Waals surface area contributed by atoms with Crippen LogP contribution in [0.15, 0.2) is 12.1 Å². The van der Waals surface area contributed by atoms with Gasteiger partial charge in [-0.05, 0) is 18.6 Å². The van der Waals surface area contributed by atoms with E-state index in [-0.39, 0.29) is 17.7 Å². The molecular formula is C13H17ClN2O3S2. The van der Waals surface area contributed by atoms with Gasteiger partial charge >= 0.3 is 0 Å². The average molecular weight is 349 g/mol. The first kappa shape index (κ1) is 15.3. The van der Waals surface area contributed by atoms with E-state index in [4.69, 9.17) is 11.6 Å². The van der Waals surface area contributed by atoms with E-state index in [0.29, 0.717) is 28.1 Å². The maximum atomic E-state index is 12.3. The highest BCUT2D eigenvalue weighted by Gasteiger charge is 2.34. The van der Waals surface area contributed by atoms with Gasteiger partial charge in [0.2, 0.25) is 0 Å². The van der Waals surface area contributed by atoms with E-state index in [9.17, 15) is 13.2 Å². The van der Waals surface area contributed by atoms with Gasteiger partial charge in [0.1, 0.15) is 0 Å². The van der Waals surface area contributed by atoms with Crippen molar-refractivity contribution < 1.29 is 13.2 Å². The number of carbonyl (C=O) groups excluding carboxylic acids is 1. The third-order valence-electron chi connectivity index (χ3n) is 4.11. The normalized spacial score (nSPS) is 26.1. The predicted molar refractivity (Wildman–Crippen MR) is 83.9 cm³/mol. The first-order valence-corrected chi connectivity index (χ1v) is 9.95. The van der Waals surface area contributed by atoms with E-state index < -0.39 is 9.84 Å². The fraction of sp³-hybridized carbons (Fsp3) is 0.615. The number of carbonyl (C=O) groups is 1. The zero-order chi connectivity index (χ0) is 15.0. The second kappa shape index (κ2) is 5.87. The lowest BCUT2D eigenvalue weighted by atomic mass is 10.2. The lowest BCUT2D eigenvalue weighted by Crippen LogP contribution is -2.52. The molecule has 2 aliphatic rings.